The van der Waals surface area contributed by atoms with Gasteiger partial charge in [0.05, 0.1) is 21.8 Å². The van der Waals surface area contributed by atoms with Crippen LogP contribution in [0.2, 0.25) is 0 Å². The van der Waals surface area contributed by atoms with E-state index < -0.39 is 0 Å². The summed E-state index contributed by atoms with van der Waals surface area (Å²) in [6.07, 6.45) is 4.07. The van der Waals surface area contributed by atoms with Crippen LogP contribution in [0.3, 0.4) is 0 Å². The van der Waals surface area contributed by atoms with Crippen molar-refractivity contribution in [3.05, 3.63) is 66.0 Å². The zero-order valence-electron chi connectivity index (χ0n) is 15.0. The lowest BCUT2D eigenvalue weighted by atomic mass is 9.97. The number of aromatic nitrogens is 3. The van der Waals surface area contributed by atoms with Gasteiger partial charge in [0.25, 0.3) is 0 Å². The molecule has 6 aromatic rings. The molecule has 0 unspecified atom stereocenters. The van der Waals surface area contributed by atoms with E-state index in [4.69, 9.17) is 4.98 Å². The summed E-state index contributed by atoms with van der Waals surface area (Å²) in [5.74, 6) is 0. The molecule has 0 N–H and O–H groups in total. The molecule has 3 nitrogen and oxygen atoms in total. The summed E-state index contributed by atoms with van der Waals surface area (Å²) in [7, 11) is 2.15. The summed E-state index contributed by atoms with van der Waals surface area (Å²) in [6.45, 7) is 4.46. The van der Waals surface area contributed by atoms with E-state index in [1.807, 2.05) is 12.3 Å². The minimum atomic E-state index is 1.04. The molecule has 0 amide bonds. The number of benzene rings is 2. The van der Waals surface area contributed by atoms with Gasteiger partial charge >= 0.3 is 0 Å². The van der Waals surface area contributed by atoms with Gasteiger partial charge in [0.15, 0.2) is 6.20 Å². The van der Waals surface area contributed by atoms with Crippen LogP contribution in [0.15, 0.2) is 54.9 Å². The molecule has 0 aliphatic carbocycles. The van der Waals surface area contributed by atoms with Gasteiger partial charge in [-0.2, -0.15) is 0 Å². The summed E-state index contributed by atoms with van der Waals surface area (Å²) in [5.41, 5.74) is 7.52. The second kappa shape index (κ2) is 4.50. The molecule has 0 aliphatic rings. The van der Waals surface area contributed by atoms with Crippen molar-refractivity contribution in [2.24, 2.45) is 7.05 Å². The van der Waals surface area contributed by atoms with Gasteiger partial charge in [0.2, 0.25) is 5.52 Å². The Morgan fingerprint density at radius 1 is 0.962 bits per heavy atom. The highest BCUT2D eigenvalue weighted by Gasteiger charge is 2.24. The molecule has 124 valence electrons. The lowest BCUT2D eigenvalue weighted by molar-refractivity contribution is -0.643. The Kier molecular flexibility index (Phi) is 2.42. The summed E-state index contributed by atoms with van der Waals surface area (Å²) >= 11 is 0. The zero-order chi connectivity index (χ0) is 17.6. The monoisotopic (exact) mass is 336 g/mol. The van der Waals surface area contributed by atoms with Crippen LogP contribution >= 0.6 is 0 Å². The summed E-state index contributed by atoms with van der Waals surface area (Å²) in [4.78, 5) is 4.76. The maximum absolute atomic E-state index is 4.76. The smallest absolute Gasteiger partial charge is 0.224 e. The Bertz CT molecular complexity index is 1510. The number of fused-ring (bicyclic) bond motifs is 5. The molecule has 0 aliphatic heterocycles. The SMILES string of the molecule is Cc1cc2c3cccnc3n3c4cccc5cc[n+](C)c(c(c1C)c23)c54. The Morgan fingerprint density at radius 3 is 2.73 bits per heavy atom. The van der Waals surface area contributed by atoms with Gasteiger partial charge in [-0.1, -0.05) is 12.1 Å². The molecule has 0 spiro atoms. The third-order valence-electron chi connectivity index (χ3n) is 5.95. The third-order valence-corrected chi connectivity index (χ3v) is 5.95. The van der Waals surface area contributed by atoms with Crippen LogP contribution in [-0.2, 0) is 7.05 Å². The molecule has 0 fully saturated rings. The van der Waals surface area contributed by atoms with Crippen LogP contribution in [0, 0.1) is 13.8 Å². The Morgan fingerprint density at radius 2 is 1.85 bits per heavy atom. The van der Waals surface area contributed by atoms with E-state index in [1.165, 1.54) is 54.6 Å². The van der Waals surface area contributed by atoms with Crippen molar-refractivity contribution in [3.63, 3.8) is 0 Å². The first-order valence-corrected chi connectivity index (χ1v) is 8.98. The van der Waals surface area contributed by atoms with Crippen LogP contribution < -0.4 is 4.57 Å². The Hall–Kier alpha value is -3.20. The molecule has 6 rings (SSSR count). The van der Waals surface area contributed by atoms with Crippen molar-refractivity contribution in [2.45, 2.75) is 13.8 Å². The number of hydrogen-bond acceptors (Lipinski definition) is 1. The number of hydrogen-bond donors (Lipinski definition) is 0. The standard InChI is InChI=1S/C23H18N3/c1-13-12-17-16-7-5-10-24-23(16)26-18-8-4-6-15-9-11-25(3)22(20(15)18)19(14(13)2)21(17)26/h4-12H,1-3H3/q+1. The summed E-state index contributed by atoms with van der Waals surface area (Å²) in [6, 6.07) is 15.3. The second-order valence-electron chi connectivity index (χ2n) is 7.32. The predicted molar refractivity (Wildman–Crippen MR) is 107 cm³/mol. The second-order valence-corrected chi connectivity index (χ2v) is 7.32. The maximum Gasteiger partial charge on any atom is 0.224 e. The fourth-order valence-corrected chi connectivity index (χ4v) is 4.64. The van der Waals surface area contributed by atoms with Gasteiger partial charge in [-0.25, -0.2) is 9.55 Å². The van der Waals surface area contributed by atoms with Crippen LogP contribution in [0.25, 0.3) is 49.1 Å². The minimum Gasteiger partial charge on any atom is -0.292 e. The highest BCUT2D eigenvalue weighted by Crippen LogP contribution is 2.40. The van der Waals surface area contributed by atoms with Gasteiger partial charge in [-0.15, -0.1) is 0 Å². The molecule has 3 heteroatoms. The van der Waals surface area contributed by atoms with Crippen LogP contribution in [0.1, 0.15) is 11.1 Å². The summed E-state index contributed by atoms with van der Waals surface area (Å²) < 4.78 is 4.63. The highest BCUT2D eigenvalue weighted by atomic mass is 15.0. The van der Waals surface area contributed by atoms with Gasteiger partial charge in [-0.05, 0) is 54.6 Å². The quantitative estimate of drug-likeness (QED) is 0.221. The van der Waals surface area contributed by atoms with Crippen molar-refractivity contribution < 1.29 is 4.57 Å². The van der Waals surface area contributed by atoms with E-state index in [0.29, 0.717) is 0 Å². The predicted octanol–water partition coefficient (Wildman–Crippen LogP) is 4.83. The van der Waals surface area contributed by atoms with Gasteiger partial charge in [0.1, 0.15) is 12.7 Å². The van der Waals surface area contributed by atoms with Gasteiger partial charge < -0.3 is 0 Å². The van der Waals surface area contributed by atoms with Crippen molar-refractivity contribution >= 4 is 49.1 Å². The maximum atomic E-state index is 4.76. The highest BCUT2D eigenvalue weighted by molar-refractivity contribution is 6.25. The molecule has 0 bridgehead atoms. The number of pyridine rings is 3. The van der Waals surface area contributed by atoms with Crippen LogP contribution in [0.4, 0.5) is 0 Å². The largest absolute Gasteiger partial charge is 0.292 e. The molecule has 0 atom stereocenters. The fraction of sp³-hybridized carbons (Fsp3) is 0.130. The fourth-order valence-electron chi connectivity index (χ4n) is 4.64. The van der Waals surface area contributed by atoms with Crippen molar-refractivity contribution in [3.8, 4) is 0 Å². The topological polar surface area (TPSA) is 21.2 Å². The molecule has 2 aromatic carbocycles. The van der Waals surface area contributed by atoms with Crippen LogP contribution in [-0.4, -0.2) is 9.38 Å². The van der Waals surface area contributed by atoms with E-state index in [-0.39, 0.29) is 0 Å². The zero-order valence-corrected chi connectivity index (χ0v) is 15.0. The van der Waals surface area contributed by atoms with Gasteiger partial charge in [-0.3, -0.25) is 4.40 Å². The molecule has 4 aromatic heterocycles. The minimum absolute atomic E-state index is 1.04. The molecular weight excluding hydrogens is 318 g/mol. The van der Waals surface area contributed by atoms with Crippen molar-refractivity contribution in [1.82, 2.24) is 9.38 Å². The molecule has 26 heavy (non-hydrogen) atoms. The first-order chi connectivity index (χ1) is 12.7. The molecule has 4 heterocycles. The van der Waals surface area contributed by atoms with Gasteiger partial charge in [0, 0.05) is 23.0 Å². The molecule has 0 radical (unpaired) electrons. The lowest BCUT2D eigenvalue weighted by Gasteiger charge is -2.13. The first kappa shape index (κ1) is 14.0. The average molecular weight is 336 g/mol. The number of nitrogens with zero attached hydrogens (tertiary/aromatic N) is 3. The molecule has 0 saturated heterocycles. The third kappa shape index (κ3) is 1.46. The lowest BCUT2D eigenvalue weighted by Crippen LogP contribution is -2.29. The van der Waals surface area contributed by atoms with Crippen molar-refractivity contribution in [2.75, 3.05) is 0 Å². The van der Waals surface area contributed by atoms with Crippen LogP contribution in [0.5, 0.6) is 0 Å². The van der Waals surface area contributed by atoms with E-state index in [9.17, 15) is 0 Å². The Balaban J connectivity index is 2.18. The molecular formula is C23H18N3+. The van der Waals surface area contributed by atoms with E-state index in [2.05, 4.69) is 72.5 Å². The number of aryl methyl sites for hydroxylation is 3. The van der Waals surface area contributed by atoms with Crippen molar-refractivity contribution in [1.29, 1.82) is 0 Å². The van der Waals surface area contributed by atoms with E-state index in [0.717, 1.165) is 5.65 Å². The number of rotatable bonds is 0. The first-order valence-electron chi connectivity index (χ1n) is 8.98. The Labute approximate surface area is 150 Å². The summed E-state index contributed by atoms with van der Waals surface area (Å²) in [5, 5.41) is 6.43. The normalized spacial score (nSPS) is 12.4. The molecule has 0 saturated carbocycles. The van der Waals surface area contributed by atoms with E-state index >= 15 is 0 Å². The van der Waals surface area contributed by atoms with E-state index in [1.54, 1.807) is 0 Å². The average Bonchev–Trinajstić information content (AvgIpc) is 2.98.